The minimum atomic E-state index is -0.573. The summed E-state index contributed by atoms with van der Waals surface area (Å²) < 4.78 is 16.7. The highest BCUT2D eigenvalue weighted by molar-refractivity contribution is 5.97. The minimum absolute atomic E-state index is 0.166. The molecular formula is C29H35N3O5. The Morgan fingerprint density at radius 3 is 2.54 bits per heavy atom. The number of hydrogen-bond donors (Lipinski definition) is 2. The maximum atomic E-state index is 13.5. The van der Waals surface area contributed by atoms with E-state index in [-0.39, 0.29) is 18.6 Å². The van der Waals surface area contributed by atoms with Gasteiger partial charge in [-0.1, -0.05) is 12.1 Å². The van der Waals surface area contributed by atoms with Crippen LogP contribution in [0.15, 0.2) is 48.7 Å². The predicted molar refractivity (Wildman–Crippen MR) is 142 cm³/mol. The second-order valence-electron chi connectivity index (χ2n) is 10.6. The molecule has 0 radical (unpaired) electrons. The number of aryl methyl sites for hydroxylation is 1. The zero-order chi connectivity index (χ0) is 26.8. The maximum Gasteiger partial charge on any atom is 0.407 e. The number of carbonyl (C=O) groups is 2. The van der Waals surface area contributed by atoms with E-state index < -0.39 is 17.2 Å². The average Bonchev–Trinajstić information content (AvgIpc) is 3.61. The number of carbonyl (C=O) groups excluding carboxylic acids is 2. The Kier molecular flexibility index (Phi) is 7.30. The minimum Gasteiger partial charge on any atom is -0.497 e. The second kappa shape index (κ2) is 10.3. The van der Waals surface area contributed by atoms with Crippen LogP contribution >= 0.6 is 0 Å². The van der Waals surface area contributed by atoms with Crippen molar-refractivity contribution in [2.45, 2.75) is 64.6 Å². The van der Waals surface area contributed by atoms with Crippen molar-refractivity contribution >= 4 is 22.9 Å². The molecule has 8 nitrogen and oxygen atoms in total. The van der Waals surface area contributed by atoms with E-state index in [1.54, 1.807) is 19.4 Å². The number of methoxy groups -OCH3 is 1. The molecule has 1 heterocycles. The zero-order valence-electron chi connectivity index (χ0n) is 22.3. The van der Waals surface area contributed by atoms with E-state index in [0.717, 1.165) is 34.9 Å². The molecule has 1 aliphatic carbocycles. The summed E-state index contributed by atoms with van der Waals surface area (Å²) in [5, 5.41) is 7.03. The Morgan fingerprint density at radius 2 is 1.86 bits per heavy atom. The number of amides is 2. The summed E-state index contributed by atoms with van der Waals surface area (Å²) >= 11 is 0. The number of rotatable bonds is 8. The number of fused-ring (bicyclic) bond motifs is 1. The molecule has 0 bridgehead atoms. The number of hydrogen-bond acceptors (Lipinski definition) is 6. The van der Waals surface area contributed by atoms with Crippen molar-refractivity contribution in [2.24, 2.45) is 0 Å². The third-order valence-corrected chi connectivity index (χ3v) is 6.27. The Bertz CT molecular complexity index is 1310. The summed E-state index contributed by atoms with van der Waals surface area (Å²) in [5.74, 6) is 1.09. The van der Waals surface area contributed by atoms with Gasteiger partial charge in [0, 0.05) is 23.2 Å². The molecule has 0 saturated heterocycles. The van der Waals surface area contributed by atoms with Crippen molar-refractivity contribution in [1.29, 1.82) is 0 Å². The van der Waals surface area contributed by atoms with E-state index >= 15 is 0 Å². The first-order valence-corrected chi connectivity index (χ1v) is 12.5. The number of alkyl carbamates (subject to hydrolysis) is 1. The molecule has 0 spiro atoms. The van der Waals surface area contributed by atoms with Crippen LogP contribution in [0.2, 0.25) is 0 Å². The molecule has 4 rings (SSSR count). The van der Waals surface area contributed by atoms with Gasteiger partial charge in [0.15, 0.2) is 0 Å². The van der Waals surface area contributed by atoms with Gasteiger partial charge < -0.3 is 24.8 Å². The Balaban J connectivity index is 1.47. The van der Waals surface area contributed by atoms with Gasteiger partial charge in [-0.2, -0.15) is 0 Å². The second-order valence-corrected chi connectivity index (χ2v) is 10.6. The van der Waals surface area contributed by atoms with Gasteiger partial charge in [-0.05, 0) is 82.9 Å². The van der Waals surface area contributed by atoms with Gasteiger partial charge in [-0.3, -0.25) is 9.78 Å². The molecule has 3 aromatic rings. The topological polar surface area (TPSA) is 98.8 Å². The molecule has 1 aromatic heterocycles. The molecule has 1 unspecified atom stereocenters. The number of nitrogens with zero attached hydrogens (tertiary/aromatic N) is 1. The normalized spacial score (nSPS) is 15.0. The molecular weight excluding hydrogens is 470 g/mol. The van der Waals surface area contributed by atoms with E-state index in [4.69, 9.17) is 14.2 Å². The van der Waals surface area contributed by atoms with E-state index in [2.05, 4.69) is 15.6 Å². The van der Waals surface area contributed by atoms with Crippen LogP contribution in [0.1, 0.15) is 62.0 Å². The van der Waals surface area contributed by atoms with Crippen LogP contribution in [0, 0.1) is 6.92 Å². The number of ether oxygens (including phenoxy) is 3. The van der Waals surface area contributed by atoms with Gasteiger partial charge in [0.2, 0.25) is 0 Å². The third kappa shape index (κ3) is 6.31. The molecule has 37 heavy (non-hydrogen) atoms. The summed E-state index contributed by atoms with van der Waals surface area (Å²) in [6.07, 6.45) is 2.92. The molecule has 1 atom stereocenters. The molecule has 1 fully saturated rings. The fourth-order valence-electron chi connectivity index (χ4n) is 4.25. The van der Waals surface area contributed by atoms with Crippen molar-refractivity contribution in [3.8, 4) is 11.5 Å². The summed E-state index contributed by atoms with van der Waals surface area (Å²) in [6.45, 7) is 9.39. The maximum absolute atomic E-state index is 13.5. The highest BCUT2D eigenvalue weighted by atomic mass is 16.6. The van der Waals surface area contributed by atoms with Gasteiger partial charge >= 0.3 is 6.09 Å². The van der Waals surface area contributed by atoms with E-state index in [1.807, 2.05) is 71.0 Å². The smallest absolute Gasteiger partial charge is 0.407 e. The highest BCUT2D eigenvalue weighted by Gasteiger charge is 2.47. The monoisotopic (exact) mass is 505 g/mol. The van der Waals surface area contributed by atoms with E-state index in [0.29, 0.717) is 17.1 Å². The molecule has 0 aliphatic heterocycles. The van der Waals surface area contributed by atoms with Crippen molar-refractivity contribution in [3.63, 3.8) is 0 Å². The third-order valence-electron chi connectivity index (χ3n) is 6.27. The summed E-state index contributed by atoms with van der Waals surface area (Å²) in [7, 11) is 1.63. The molecule has 2 amide bonds. The molecule has 2 N–H and O–H groups in total. The Hall–Kier alpha value is -3.81. The number of aromatic nitrogens is 1. The van der Waals surface area contributed by atoms with E-state index in [1.165, 1.54) is 0 Å². The molecule has 8 heteroatoms. The molecule has 196 valence electrons. The number of pyridine rings is 1. The van der Waals surface area contributed by atoms with Crippen molar-refractivity contribution in [2.75, 3.05) is 13.7 Å². The lowest BCUT2D eigenvalue weighted by Gasteiger charge is -2.22. The van der Waals surface area contributed by atoms with Crippen molar-refractivity contribution in [3.05, 3.63) is 65.4 Å². The van der Waals surface area contributed by atoms with Crippen LogP contribution in [-0.2, 0) is 10.3 Å². The Morgan fingerprint density at radius 1 is 1.11 bits per heavy atom. The Labute approximate surface area is 217 Å². The lowest BCUT2D eigenvalue weighted by Crippen LogP contribution is -2.40. The lowest BCUT2D eigenvalue weighted by atomic mass is 9.97. The van der Waals surface area contributed by atoms with Gasteiger partial charge in [0.05, 0.1) is 24.2 Å². The highest BCUT2D eigenvalue weighted by Crippen LogP contribution is 2.49. The average molecular weight is 506 g/mol. The van der Waals surface area contributed by atoms with E-state index in [9.17, 15) is 9.59 Å². The van der Waals surface area contributed by atoms with Crippen LogP contribution in [0.25, 0.3) is 10.9 Å². The van der Waals surface area contributed by atoms with Crippen LogP contribution in [0.3, 0.4) is 0 Å². The first-order chi connectivity index (χ1) is 17.5. The van der Waals surface area contributed by atoms with Crippen molar-refractivity contribution < 1.29 is 23.8 Å². The largest absolute Gasteiger partial charge is 0.497 e. The molecule has 1 saturated carbocycles. The summed E-state index contributed by atoms with van der Waals surface area (Å²) in [5.41, 5.74) is 2.19. The van der Waals surface area contributed by atoms with Gasteiger partial charge in [0.25, 0.3) is 5.91 Å². The van der Waals surface area contributed by atoms with Crippen LogP contribution < -0.4 is 20.1 Å². The van der Waals surface area contributed by atoms with Gasteiger partial charge in [-0.25, -0.2) is 4.79 Å². The number of nitrogens with one attached hydrogen (secondary N) is 2. The summed E-state index contributed by atoms with van der Waals surface area (Å²) in [4.78, 5) is 29.9. The zero-order valence-corrected chi connectivity index (χ0v) is 22.3. The van der Waals surface area contributed by atoms with Crippen LogP contribution in [0.4, 0.5) is 4.79 Å². The first-order valence-electron chi connectivity index (χ1n) is 12.5. The standard InChI is InChI=1S/C29H35N3O5/c1-18-9-10-20(36-17-19(2)31-27(34)37-28(3,4)5)14-23(18)26(33)32-29(11-12-29)24-15-21(35-6)16-25-22(24)8-7-13-30-25/h7-10,13-16,19H,11-12,17H2,1-6H3,(H,31,34)(H,32,33). The fourth-order valence-corrected chi connectivity index (χ4v) is 4.25. The van der Waals surface area contributed by atoms with Crippen LogP contribution in [-0.4, -0.2) is 42.3 Å². The molecule has 2 aromatic carbocycles. The quantitative estimate of drug-likeness (QED) is 0.433. The first kappa shape index (κ1) is 26.3. The van der Waals surface area contributed by atoms with Crippen molar-refractivity contribution in [1.82, 2.24) is 15.6 Å². The van der Waals surface area contributed by atoms with Gasteiger partial charge in [-0.15, -0.1) is 0 Å². The lowest BCUT2D eigenvalue weighted by molar-refractivity contribution is 0.0494. The fraction of sp³-hybridized carbons (Fsp3) is 0.414. The van der Waals surface area contributed by atoms with Crippen LogP contribution in [0.5, 0.6) is 11.5 Å². The SMILES string of the molecule is COc1cc(C2(NC(=O)c3cc(OCC(C)NC(=O)OC(C)(C)C)ccc3C)CC2)c2cccnc2c1. The molecule has 1 aliphatic rings. The predicted octanol–water partition coefficient (Wildman–Crippen LogP) is 5.26. The number of benzene rings is 2. The summed E-state index contributed by atoms with van der Waals surface area (Å²) in [6, 6.07) is 13.0. The van der Waals surface area contributed by atoms with Gasteiger partial charge in [0.1, 0.15) is 23.7 Å².